The van der Waals surface area contributed by atoms with Gasteiger partial charge in [-0.2, -0.15) is 9.90 Å². The van der Waals surface area contributed by atoms with Crippen LogP contribution in [0, 0.1) is 0 Å². The molecule has 0 radical (unpaired) electrons. The molecule has 0 aromatic heterocycles. The van der Waals surface area contributed by atoms with Crippen LogP contribution in [0.15, 0.2) is 0 Å². The van der Waals surface area contributed by atoms with Gasteiger partial charge in [-0.05, 0) is 0 Å². The van der Waals surface area contributed by atoms with E-state index in [4.69, 9.17) is 42.9 Å². The van der Waals surface area contributed by atoms with Crippen LogP contribution in [0.25, 0.3) is 0 Å². The van der Waals surface area contributed by atoms with Crippen LogP contribution in [0.5, 0.6) is 0 Å². The molecule has 0 bridgehead atoms. The fourth-order valence-electron chi connectivity index (χ4n) is 0. The molecule has 6 N–H and O–H groups in total. The zero-order valence-corrected chi connectivity index (χ0v) is 14.5. The van der Waals surface area contributed by atoms with Crippen LogP contribution in [-0.2, 0) is 70.6 Å². The zero-order valence-electron chi connectivity index (χ0n) is 7.06. The summed E-state index contributed by atoms with van der Waals surface area (Å²) in [6.07, 6.45) is 0. The average Bonchev–Trinajstić information content (AvgIpc) is 1.41. The Morgan fingerprint density at radius 3 is 0.438 bits per heavy atom. The van der Waals surface area contributed by atoms with E-state index in [1.54, 1.807) is 0 Å². The second-order valence-electron chi connectivity index (χ2n) is 1.34. The molecule has 16 heavy (non-hydrogen) atoms. The summed E-state index contributed by atoms with van der Waals surface area (Å²) in [5.74, 6) is 0. The van der Waals surface area contributed by atoms with Crippen molar-refractivity contribution in [1.82, 2.24) is 0 Å². The van der Waals surface area contributed by atoms with Crippen molar-refractivity contribution in [3.8, 4) is 0 Å². The summed E-state index contributed by atoms with van der Waals surface area (Å²) in [5, 5.41) is 0. The van der Waals surface area contributed by atoms with Crippen molar-refractivity contribution in [3.05, 3.63) is 0 Å². The van der Waals surface area contributed by atoms with Gasteiger partial charge in [-0.25, -0.2) is 0 Å². The summed E-state index contributed by atoms with van der Waals surface area (Å²) in [6, 6.07) is 0. The Morgan fingerprint density at radius 2 is 0.438 bits per heavy atom. The van der Waals surface area contributed by atoms with Crippen molar-refractivity contribution in [1.29, 1.82) is 0 Å². The van der Waals surface area contributed by atoms with E-state index in [-0.39, 0.29) is 9.90 Å². The van der Waals surface area contributed by atoms with Gasteiger partial charge in [-0.15, -0.1) is 0 Å². The standard InChI is InChI=1S/3Mo.6H2O.6O.H3P/h;;;6*1H2;;;;;;;1H3/q3*+2;;;;;;;;;;;;;/p-6. The number of rotatable bonds is 0. The van der Waals surface area contributed by atoms with E-state index >= 15 is 0 Å². The molecule has 16 heteroatoms. The summed E-state index contributed by atoms with van der Waals surface area (Å²) in [5.41, 5.74) is 0. The Labute approximate surface area is 102 Å². The van der Waals surface area contributed by atoms with E-state index in [0.717, 1.165) is 0 Å². The van der Waals surface area contributed by atoms with Crippen molar-refractivity contribution in [3.63, 3.8) is 0 Å². The van der Waals surface area contributed by atoms with Gasteiger partial charge in [0.05, 0.1) is 0 Å². The Balaban J connectivity index is -0.0000000655. The third-order valence-corrected chi connectivity index (χ3v) is 0. The van der Waals surface area contributed by atoms with Gasteiger partial charge in [0.15, 0.2) is 0 Å². The van der Waals surface area contributed by atoms with Gasteiger partial charge < -0.3 is 0 Å². The first-order valence-electron chi connectivity index (χ1n) is 2.10. The van der Waals surface area contributed by atoms with Crippen molar-refractivity contribution in [2.24, 2.45) is 0 Å². The van der Waals surface area contributed by atoms with E-state index in [1.165, 1.54) is 0 Å². The van der Waals surface area contributed by atoms with E-state index in [0.29, 0.717) is 0 Å². The molecule has 1 atom stereocenters. The first-order valence-corrected chi connectivity index (χ1v) is 12.4. The first kappa shape index (κ1) is 25.8. The molecule has 0 saturated carbocycles. The molecule has 0 aliphatic heterocycles. The summed E-state index contributed by atoms with van der Waals surface area (Å²) >= 11 is -16.6. The monoisotopic (exact) mass is 526 g/mol. The average molecular weight is 520 g/mol. The van der Waals surface area contributed by atoms with E-state index in [2.05, 4.69) is 0 Å². The van der Waals surface area contributed by atoms with Crippen molar-refractivity contribution >= 4 is 9.90 Å². The van der Waals surface area contributed by atoms with Crippen LogP contribution in [0.1, 0.15) is 0 Å². The fourth-order valence-corrected chi connectivity index (χ4v) is 0. The van der Waals surface area contributed by atoms with Gasteiger partial charge in [0, 0.05) is 0 Å². The van der Waals surface area contributed by atoms with Gasteiger partial charge in [0.25, 0.3) is 0 Å². The van der Waals surface area contributed by atoms with E-state index in [1.807, 2.05) is 0 Å². The molecule has 0 aromatic rings. The van der Waals surface area contributed by atoms with Gasteiger partial charge >= 0.3 is 93.2 Å². The Kier molecular flexibility index (Phi) is 16.2. The van der Waals surface area contributed by atoms with E-state index < -0.39 is 50.2 Å². The maximum absolute atomic E-state index is 8.85. The molecule has 0 amide bonds. The van der Waals surface area contributed by atoms with Gasteiger partial charge in [-0.3, -0.25) is 0 Å². The predicted octanol–water partition coefficient (Wildman–Crippen LogP) is -4.00. The Morgan fingerprint density at radius 1 is 0.438 bits per heavy atom. The molecule has 0 aromatic carbocycles. The third-order valence-electron chi connectivity index (χ3n) is 0. The molecular weight excluding hydrogens is 511 g/mol. The first-order chi connectivity index (χ1) is 6.00. The van der Waals surface area contributed by atoms with Crippen LogP contribution in [-0.4, -0.2) is 22.6 Å². The number of hydrogen-bond acceptors (Lipinski definition) is 6. The molecule has 104 valence electrons. The predicted molar refractivity (Wildman–Crippen MR) is 28.5 cm³/mol. The Hall–Kier alpha value is 1.05. The molecule has 0 spiro atoms. The summed E-state index contributed by atoms with van der Waals surface area (Å²) < 4.78 is 96.0. The van der Waals surface area contributed by atoms with Crippen molar-refractivity contribution in [2.45, 2.75) is 0 Å². The van der Waals surface area contributed by atoms with Crippen LogP contribution >= 0.6 is 9.90 Å². The molecule has 12 nitrogen and oxygen atoms in total. The van der Waals surface area contributed by atoms with Crippen molar-refractivity contribution < 1.29 is 93.2 Å². The van der Waals surface area contributed by atoms with Gasteiger partial charge in [-0.1, -0.05) is 0 Å². The quantitative estimate of drug-likeness (QED) is 0.133. The molecule has 0 fully saturated rings. The summed E-state index contributed by atoms with van der Waals surface area (Å²) in [7, 11) is 0. The molecule has 1 unspecified atom stereocenters. The van der Waals surface area contributed by atoms with Gasteiger partial charge in [0.1, 0.15) is 0 Å². The minimum absolute atomic E-state index is 0. The molecule has 0 saturated heterocycles. The second-order valence-corrected chi connectivity index (χ2v) is 7.95. The van der Waals surface area contributed by atoms with Crippen LogP contribution < -0.4 is 0 Å². The zero-order chi connectivity index (χ0) is 13.5. The maximum atomic E-state index is 8.85. The molecule has 0 heterocycles. The van der Waals surface area contributed by atoms with Crippen LogP contribution in [0.2, 0.25) is 0 Å². The van der Waals surface area contributed by atoms with Crippen LogP contribution in [0.3, 0.4) is 0 Å². The third kappa shape index (κ3) is 2670. The summed E-state index contributed by atoms with van der Waals surface area (Å²) in [4.78, 5) is 0. The minimum atomic E-state index is -5.52. The number of hydrogen-bond donors (Lipinski definition) is 6. The topological polar surface area (TPSA) is 224 Å². The van der Waals surface area contributed by atoms with Gasteiger partial charge in [0.2, 0.25) is 0 Å². The molecule has 0 aliphatic rings. The molecule has 0 aliphatic carbocycles. The summed E-state index contributed by atoms with van der Waals surface area (Å²) in [6.45, 7) is 0. The van der Waals surface area contributed by atoms with E-state index in [9.17, 15) is 0 Å². The molecular formula is H9Mo3O12P. The fraction of sp³-hybridized carbons (Fsp3) is 0. The van der Waals surface area contributed by atoms with Crippen LogP contribution in [0.4, 0.5) is 0 Å². The SMILES string of the molecule is P.[O]=[Mo](=[O])([OH])[OH].[O]=[Mo](=[O])([OH])[OH].[O]=[Mo](=[O])([OH])[OH]. The second kappa shape index (κ2) is 10.0. The van der Waals surface area contributed by atoms with Crippen molar-refractivity contribution in [2.75, 3.05) is 0 Å². The normalized spacial score (nSPS) is 10.9. The Bertz CT molecular complexity index is 337. The molecule has 0 rings (SSSR count).